The quantitative estimate of drug-likeness (QED) is 0.879. The Morgan fingerprint density at radius 2 is 1.96 bits per heavy atom. The SMILES string of the molecule is CCC1(CC(F)F)C2CC3(c4ccccc4)CC2(C(N)=O)CC31. The maximum Gasteiger partial charge on any atom is 0.239 e. The van der Waals surface area contributed by atoms with Crippen molar-refractivity contribution < 1.29 is 13.6 Å². The summed E-state index contributed by atoms with van der Waals surface area (Å²) in [5, 5.41) is 0. The molecule has 1 aromatic carbocycles. The number of hydrogen-bond acceptors (Lipinski definition) is 1. The number of benzene rings is 1. The molecule has 0 heterocycles. The topological polar surface area (TPSA) is 43.1 Å². The van der Waals surface area contributed by atoms with Crippen molar-refractivity contribution in [1.29, 1.82) is 0 Å². The van der Waals surface area contributed by atoms with Gasteiger partial charge >= 0.3 is 0 Å². The lowest BCUT2D eigenvalue weighted by molar-refractivity contribution is -0.130. The van der Waals surface area contributed by atoms with Crippen LogP contribution in [0, 0.1) is 22.7 Å². The molecule has 23 heavy (non-hydrogen) atoms. The fourth-order valence-corrected chi connectivity index (χ4v) is 6.87. The highest BCUT2D eigenvalue weighted by atomic mass is 19.3. The van der Waals surface area contributed by atoms with Crippen molar-refractivity contribution in [2.24, 2.45) is 28.4 Å². The van der Waals surface area contributed by atoms with Crippen LogP contribution in [0.25, 0.3) is 0 Å². The van der Waals surface area contributed by atoms with Crippen LogP contribution in [0.5, 0.6) is 0 Å². The van der Waals surface area contributed by atoms with Crippen LogP contribution in [0.2, 0.25) is 0 Å². The summed E-state index contributed by atoms with van der Waals surface area (Å²) in [6.45, 7) is 2.01. The zero-order valence-corrected chi connectivity index (χ0v) is 13.4. The van der Waals surface area contributed by atoms with Crippen molar-refractivity contribution in [1.82, 2.24) is 0 Å². The molecular weight excluding hydrogens is 296 g/mol. The Labute approximate surface area is 135 Å². The minimum absolute atomic E-state index is 0.0108. The van der Waals surface area contributed by atoms with Crippen LogP contribution < -0.4 is 5.73 Å². The summed E-state index contributed by atoms with van der Waals surface area (Å²) in [7, 11) is 0. The fraction of sp³-hybridized carbons (Fsp3) is 0.632. The van der Waals surface area contributed by atoms with Gasteiger partial charge in [-0.15, -0.1) is 0 Å². The van der Waals surface area contributed by atoms with Crippen LogP contribution in [0.4, 0.5) is 8.78 Å². The first-order chi connectivity index (χ1) is 10.9. The Morgan fingerprint density at radius 3 is 2.48 bits per heavy atom. The number of hydrogen-bond donors (Lipinski definition) is 1. The Hall–Kier alpha value is -1.45. The summed E-state index contributed by atoms with van der Waals surface area (Å²) in [4.78, 5) is 12.3. The molecule has 0 saturated heterocycles. The predicted molar refractivity (Wildman–Crippen MR) is 83.9 cm³/mol. The normalized spacial score (nSPS) is 43.7. The zero-order valence-electron chi connectivity index (χ0n) is 13.4. The van der Waals surface area contributed by atoms with Gasteiger partial charge in [-0.25, -0.2) is 8.78 Å². The molecule has 5 atom stereocenters. The summed E-state index contributed by atoms with van der Waals surface area (Å²) >= 11 is 0. The Kier molecular flexibility index (Phi) is 2.99. The average molecular weight is 319 g/mol. The van der Waals surface area contributed by atoms with E-state index in [1.807, 2.05) is 25.1 Å². The van der Waals surface area contributed by atoms with Gasteiger partial charge in [0.15, 0.2) is 0 Å². The number of amides is 1. The Bertz CT molecular complexity index is 648. The van der Waals surface area contributed by atoms with Crippen LogP contribution >= 0.6 is 0 Å². The van der Waals surface area contributed by atoms with Gasteiger partial charge < -0.3 is 5.73 Å². The monoisotopic (exact) mass is 319 g/mol. The highest BCUT2D eigenvalue weighted by Gasteiger charge is 2.81. The lowest BCUT2D eigenvalue weighted by atomic mass is 9.61. The largest absolute Gasteiger partial charge is 0.369 e. The molecule has 1 amide bonds. The fourth-order valence-electron chi connectivity index (χ4n) is 6.87. The van der Waals surface area contributed by atoms with Gasteiger partial charge in [-0.05, 0) is 48.5 Å². The molecule has 4 bridgehead atoms. The van der Waals surface area contributed by atoms with Crippen molar-refractivity contribution in [3.8, 4) is 0 Å². The smallest absolute Gasteiger partial charge is 0.239 e. The number of halogens is 2. The second-order valence-electron chi connectivity index (χ2n) is 7.91. The third-order valence-electron chi connectivity index (χ3n) is 7.52. The minimum atomic E-state index is -2.33. The number of primary amides is 1. The van der Waals surface area contributed by atoms with Crippen molar-refractivity contribution in [2.45, 2.75) is 50.9 Å². The van der Waals surface area contributed by atoms with Crippen LogP contribution in [-0.4, -0.2) is 12.3 Å². The molecule has 0 aliphatic heterocycles. The standard InChI is InChI=1S/C19H23F2NO/c1-2-17(10-15(20)21)13-9-19(16(22)23)11-18(13,8-14(17)19)12-6-4-3-5-7-12/h3-7,13-15H,2,8-11H2,1H3,(H2,22,23). The number of nitrogens with two attached hydrogens (primary N) is 1. The Balaban J connectivity index is 1.86. The van der Waals surface area contributed by atoms with E-state index in [1.54, 1.807) is 0 Å². The van der Waals surface area contributed by atoms with E-state index in [-0.39, 0.29) is 29.6 Å². The van der Waals surface area contributed by atoms with Gasteiger partial charge in [0, 0.05) is 11.8 Å². The summed E-state index contributed by atoms with van der Waals surface area (Å²) < 4.78 is 26.7. The molecule has 0 radical (unpaired) electrons. The first-order valence-electron chi connectivity index (χ1n) is 8.55. The van der Waals surface area contributed by atoms with Crippen LogP contribution in [0.1, 0.15) is 44.6 Å². The van der Waals surface area contributed by atoms with E-state index in [9.17, 15) is 13.6 Å². The van der Waals surface area contributed by atoms with Crippen molar-refractivity contribution in [3.63, 3.8) is 0 Å². The summed E-state index contributed by atoms with van der Waals surface area (Å²) in [5.41, 5.74) is 5.88. The number of carbonyl (C=O) groups is 1. The highest BCUT2D eigenvalue weighted by molar-refractivity contribution is 5.84. The molecular formula is C19H23F2NO. The number of carbonyl (C=O) groups excluding carboxylic acids is 1. The van der Waals surface area contributed by atoms with E-state index in [4.69, 9.17) is 5.73 Å². The number of rotatable bonds is 5. The molecule has 5 rings (SSSR count). The maximum atomic E-state index is 13.4. The van der Waals surface area contributed by atoms with Crippen LogP contribution in [0.3, 0.4) is 0 Å². The molecule has 0 aromatic heterocycles. The molecule has 4 fully saturated rings. The molecule has 0 spiro atoms. The molecule has 124 valence electrons. The van der Waals surface area contributed by atoms with Gasteiger partial charge in [0.1, 0.15) is 0 Å². The van der Waals surface area contributed by atoms with E-state index in [1.165, 1.54) is 5.56 Å². The average Bonchev–Trinajstić information content (AvgIpc) is 3.20. The predicted octanol–water partition coefficient (Wildman–Crippen LogP) is 3.89. The second kappa shape index (κ2) is 4.55. The van der Waals surface area contributed by atoms with Gasteiger partial charge in [-0.2, -0.15) is 0 Å². The summed E-state index contributed by atoms with van der Waals surface area (Å²) in [6, 6.07) is 10.2. The lowest BCUT2D eigenvalue weighted by Crippen LogP contribution is -2.44. The number of alkyl halides is 2. The van der Waals surface area contributed by atoms with E-state index in [0.717, 1.165) is 12.8 Å². The van der Waals surface area contributed by atoms with Crippen LogP contribution in [0.15, 0.2) is 30.3 Å². The van der Waals surface area contributed by atoms with Gasteiger partial charge in [0.2, 0.25) is 12.3 Å². The molecule has 4 saturated carbocycles. The molecule has 4 aliphatic carbocycles. The third kappa shape index (κ3) is 1.60. The van der Waals surface area contributed by atoms with Gasteiger partial charge in [-0.3, -0.25) is 4.79 Å². The third-order valence-corrected chi connectivity index (χ3v) is 7.52. The van der Waals surface area contributed by atoms with Crippen molar-refractivity contribution >= 4 is 5.91 Å². The van der Waals surface area contributed by atoms with Gasteiger partial charge in [0.25, 0.3) is 0 Å². The summed E-state index contributed by atoms with van der Waals surface area (Å²) in [6.07, 6.45) is 0.569. The van der Waals surface area contributed by atoms with E-state index < -0.39 is 17.3 Å². The molecule has 2 N–H and O–H groups in total. The van der Waals surface area contributed by atoms with Gasteiger partial charge in [0.05, 0.1) is 5.41 Å². The minimum Gasteiger partial charge on any atom is -0.369 e. The van der Waals surface area contributed by atoms with Crippen molar-refractivity contribution in [3.05, 3.63) is 35.9 Å². The molecule has 4 heteroatoms. The molecule has 2 nitrogen and oxygen atoms in total. The van der Waals surface area contributed by atoms with E-state index in [0.29, 0.717) is 12.8 Å². The Morgan fingerprint density at radius 1 is 1.26 bits per heavy atom. The first kappa shape index (κ1) is 15.1. The van der Waals surface area contributed by atoms with E-state index in [2.05, 4.69) is 12.1 Å². The second-order valence-corrected chi connectivity index (χ2v) is 7.91. The molecule has 5 unspecified atom stereocenters. The highest BCUT2D eigenvalue weighted by Crippen LogP contribution is 2.83. The molecule has 4 aliphatic rings. The van der Waals surface area contributed by atoms with E-state index >= 15 is 0 Å². The van der Waals surface area contributed by atoms with Crippen molar-refractivity contribution in [2.75, 3.05) is 0 Å². The lowest BCUT2D eigenvalue weighted by Gasteiger charge is -2.43. The van der Waals surface area contributed by atoms with Crippen LogP contribution in [-0.2, 0) is 10.2 Å². The zero-order chi connectivity index (χ0) is 16.5. The maximum absolute atomic E-state index is 13.4. The first-order valence-corrected chi connectivity index (χ1v) is 8.55. The summed E-state index contributed by atoms with van der Waals surface area (Å²) in [5.74, 6) is -0.113. The van der Waals surface area contributed by atoms with Gasteiger partial charge in [-0.1, -0.05) is 37.3 Å². The molecule has 1 aromatic rings.